The minimum Gasteiger partial charge on any atom is -0.474 e. The summed E-state index contributed by atoms with van der Waals surface area (Å²) >= 11 is 0.244. The van der Waals surface area contributed by atoms with Crippen molar-refractivity contribution in [2.45, 2.75) is 52.2 Å². The molecular weight excluding hydrogens is 624 g/mol. The zero-order valence-electron chi connectivity index (χ0n) is 23.4. The number of nitrogens with one attached hydrogen (secondary N) is 3. The van der Waals surface area contributed by atoms with Gasteiger partial charge in [0.1, 0.15) is 17.1 Å². The molecule has 0 aliphatic carbocycles. The van der Waals surface area contributed by atoms with Crippen molar-refractivity contribution in [3.05, 3.63) is 62.2 Å². The van der Waals surface area contributed by atoms with Crippen LogP contribution in [0.25, 0.3) is 11.3 Å². The van der Waals surface area contributed by atoms with Gasteiger partial charge < -0.3 is 26.4 Å². The Morgan fingerprint density at radius 3 is 2.48 bits per heavy atom. The average molecular weight is 651 g/mol. The van der Waals surface area contributed by atoms with Gasteiger partial charge in [0.25, 0.3) is 5.91 Å². The molecule has 0 bridgehead atoms. The second-order valence-electron chi connectivity index (χ2n) is 9.78. The molecule has 3 heterocycles. The lowest BCUT2D eigenvalue weighted by atomic mass is 9.95. The molecule has 1 aliphatic heterocycles. The average Bonchev–Trinajstić information content (AvgIpc) is 3.41. The van der Waals surface area contributed by atoms with Gasteiger partial charge in [0.15, 0.2) is 10.8 Å². The predicted molar refractivity (Wildman–Crippen MR) is 147 cm³/mol. The van der Waals surface area contributed by atoms with E-state index in [0.29, 0.717) is 24.7 Å². The van der Waals surface area contributed by atoms with Gasteiger partial charge in [-0.3, -0.25) is 4.79 Å². The van der Waals surface area contributed by atoms with Gasteiger partial charge >= 0.3 is 12.4 Å². The van der Waals surface area contributed by atoms with Crippen LogP contribution in [-0.4, -0.2) is 35.1 Å². The van der Waals surface area contributed by atoms with Crippen molar-refractivity contribution in [2.24, 2.45) is 0 Å². The van der Waals surface area contributed by atoms with Crippen LogP contribution in [0.3, 0.4) is 0 Å². The molecule has 1 aromatic carbocycles. The Bertz CT molecular complexity index is 1600. The lowest BCUT2D eigenvalue weighted by molar-refractivity contribution is -0.138. The number of hydrogen-bond acceptors (Lipinski definition) is 8. The van der Waals surface area contributed by atoms with Crippen LogP contribution in [0.15, 0.2) is 24.0 Å². The highest BCUT2D eigenvalue weighted by atomic mass is 32.1. The molecule has 4 rings (SSSR count). The molecule has 0 spiro atoms. The zero-order chi connectivity index (χ0) is 32.6. The SMILES string of the molecule is C/C=C1/CNC(=O)c2c(nc(-c3cc(N)c(F)c(C)c3C(F)(F)F)c(F)c2NCc2cnc(C(F)(F)F)s2)O[C@@H](C)CCN1. The van der Waals surface area contributed by atoms with E-state index in [-0.39, 0.29) is 22.8 Å². The van der Waals surface area contributed by atoms with E-state index >= 15 is 4.39 Å². The minimum absolute atomic E-state index is 0.0338. The summed E-state index contributed by atoms with van der Waals surface area (Å²) in [5.74, 6) is -4.35. The van der Waals surface area contributed by atoms with Crippen LogP contribution in [-0.2, 0) is 18.9 Å². The second kappa shape index (κ2) is 12.5. The van der Waals surface area contributed by atoms with Crippen molar-refractivity contribution in [1.82, 2.24) is 20.6 Å². The number of nitrogens with zero attached hydrogens (tertiary/aromatic N) is 2. The molecule has 0 radical (unpaired) electrons. The highest BCUT2D eigenvalue weighted by molar-refractivity contribution is 7.11. The number of nitrogen functional groups attached to an aromatic ring is 1. The first-order valence-corrected chi connectivity index (χ1v) is 13.8. The van der Waals surface area contributed by atoms with Gasteiger partial charge in [-0.1, -0.05) is 6.08 Å². The van der Waals surface area contributed by atoms with Gasteiger partial charge in [-0.2, -0.15) is 26.3 Å². The smallest absolute Gasteiger partial charge is 0.443 e. The van der Waals surface area contributed by atoms with E-state index in [1.54, 1.807) is 19.9 Å². The fourth-order valence-corrected chi connectivity index (χ4v) is 5.18. The number of aromatic nitrogens is 2. The monoisotopic (exact) mass is 650 g/mol. The Morgan fingerprint density at radius 2 is 1.86 bits per heavy atom. The van der Waals surface area contributed by atoms with Gasteiger partial charge in [0.2, 0.25) is 5.88 Å². The molecule has 8 nitrogen and oxygen atoms in total. The van der Waals surface area contributed by atoms with E-state index in [9.17, 15) is 35.5 Å². The number of benzene rings is 1. The number of hydrogen-bond donors (Lipinski definition) is 4. The Hall–Kier alpha value is -4.15. The van der Waals surface area contributed by atoms with E-state index in [0.717, 1.165) is 13.1 Å². The maximum Gasteiger partial charge on any atom is 0.443 e. The van der Waals surface area contributed by atoms with Crippen molar-refractivity contribution in [1.29, 1.82) is 0 Å². The first kappa shape index (κ1) is 32.8. The molecule has 0 saturated carbocycles. The quantitative estimate of drug-likeness (QED) is 0.191. The van der Waals surface area contributed by atoms with E-state index in [2.05, 4.69) is 25.9 Å². The Kier molecular flexibility index (Phi) is 9.27. The summed E-state index contributed by atoms with van der Waals surface area (Å²) in [6.07, 6.45) is -7.75. The number of pyridine rings is 1. The molecule has 44 heavy (non-hydrogen) atoms. The molecule has 1 atom stereocenters. The number of nitrogens with two attached hydrogens (primary N) is 1. The first-order valence-electron chi connectivity index (χ1n) is 13.0. The minimum atomic E-state index is -5.19. The third-order valence-corrected chi connectivity index (χ3v) is 7.68. The standard InChI is InChI=1S/C27H26F8N6O2S/c1-4-13-8-39-23(42)17-22(38-9-14-10-40-25(44-14)27(33,34)35)20(29)21(41-24(17)43-11(2)5-6-37-13)15-7-16(36)19(28)12(3)18(15)26(30,31)32/h4,7,10-11,37H,5-6,8-9,36H2,1-3H3,(H,38,41)(H,39,42)/b13-4-/t11-/m0/s1. The maximum atomic E-state index is 16.4. The van der Waals surface area contributed by atoms with E-state index in [1.807, 2.05) is 0 Å². The number of rotatable bonds is 4. The molecule has 1 aliphatic rings. The zero-order valence-corrected chi connectivity index (χ0v) is 24.2. The molecule has 17 heteroatoms. The Labute approximate surface area is 249 Å². The van der Waals surface area contributed by atoms with E-state index < -0.39 is 92.8 Å². The van der Waals surface area contributed by atoms with Gasteiger partial charge in [-0.15, -0.1) is 11.3 Å². The van der Waals surface area contributed by atoms with Gasteiger partial charge in [0, 0.05) is 35.3 Å². The van der Waals surface area contributed by atoms with Gasteiger partial charge in [0.05, 0.1) is 36.1 Å². The normalized spacial score (nSPS) is 17.3. The molecule has 0 fully saturated rings. The van der Waals surface area contributed by atoms with Crippen molar-refractivity contribution >= 4 is 28.6 Å². The number of allylic oxidation sites excluding steroid dienone is 1. The summed E-state index contributed by atoms with van der Waals surface area (Å²) < 4.78 is 119. The van der Waals surface area contributed by atoms with Crippen LogP contribution in [0, 0.1) is 18.6 Å². The number of carbonyl (C=O) groups excluding carboxylic acids is 1. The van der Waals surface area contributed by atoms with E-state index in [1.165, 1.54) is 0 Å². The number of fused-ring (bicyclic) bond motifs is 1. The van der Waals surface area contributed by atoms with Crippen molar-refractivity contribution in [3.63, 3.8) is 0 Å². The summed E-state index contributed by atoms with van der Waals surface area (Å²) in [7, 11) is 0. The maximum absolute atomic E-state index is 16.4. The topological polar surface area (TPSA) is 114 Å². The molecule has 0 unspecified atom stereocenters. The summed E-state index contributed by atoms with van der Waals surface area (Å²) in [6.45, 7) is 3.92. The largest absolute Gasteiger partial charge is 0.474 e. The number of thiazole rings is 1. The first-order chi connectivity index (χ1) is 20.5. The predicted octanol–water partition coefficient (Wildman–Crippen LogP) is 6.42. The van der Waals surface area contributed by atoms with Crippen molar-refractivity contribution in [2.75, 3.05) is 24.1 Å². The van der Waals surface area contributed by atoms with Crippen LogP contribution in [0.2, 0.25) is 0 Å². The summed E-state index contributed by atoms with van der Waals surface area (Å²) in [6, 6.07) is 0.572. The summed E-state index contributed by atoms with van der Waals surface area (Å²) in [5, 5.41) is 7.00. The number of halogens is 8. The van der Waals surface area contributed by atoms with Crippen molar-refractivity contribution in [3.8, 4) is 17.1 Å². The fourth-order valence-electron chi connectivity index (χ4n) is 4.47. The van der Waals surface area contributed by atoms with Crippen LogP contribution < -0.4 is 26.4 Å². The summed E-state index contributed by atoms with van der Waals surface area (Å²) in [4.78, 5) is 20.7. The second-order valence-corrected chi connectivity index (χ2v) is 10.9. The Balaban J connectivity index is 1.97. The summed E-state index contributed by atoms with van der Waals surface area (Å²) in [5.41, 5.74) is -0.132. The number of alkyl halides is 6. The third-order valence-electron chi connectivity index (χ3n) is 6.64. The molecule has 3 aromatic rings. The molecular formula is C27H26F8N6O2S. The number of amides is 1. The van der Waals surface area contributed by atoms with Crippen LogP contribution in [0.4, 0.5) is 46.5 Å². The number of ether oxygens (including phenoxy) is 1. The molecule has 238 valence electrons. The molecule has 1 amide bonds. The van der Waals surface area contributed by atoms with E-state index in [4.69, 9.17) is 10.5 Å². The highest BCUT2D eigenvalue weighted by Gasteiger charge is 2.40. The van der Waals surface area contributed by atoms with Crippen molar-refractivity contribution < 1.29 is 44.7 Å². The van der Waals surface area contributed by atoms with Crippen LogP contribution in [0.5, 0.6) is 5.88 Å². The molecule has 2 aromatic heterocycles. The number of carbonyl (C=O) groups is 1. The molecule has 5 N–H and O–H groups in total. The van der Waals surface area contributed by atoms with Crippen LogP contribution >= 0.6 is 11.3 Å². The highest BCUT2D eigenvalue weighted by Crippen LogP contribution is 2.44. The number of anilines is 2. The third kappa shape index (κ3) is 6.81. The fraction of sp³-hybridized carbons (Fsp3) is 0.370. The van der Waals surface area contributed by atoms with Gasteiger partial charge in [-0.05, 0) is 32.4 Å². The lowest BCUT2D eigenvalue weighted by Crippen LogP contribution is -2.31. The lowest BCUT2D eigenvalue weighted by Gasteiger charge is -2.22. The Morgan fingerprint density at radius 1 is 1.16 bits per heavy atom. The molecule has 0 saturated heterocycles. The van der Waals surface area contributed by atoms with Gasteiger partial charge in [-0.25, -0.2) is 18.7 Å². The van der Waals surface area contributed by atoms with Crippen LogP contribution in [0.1, 0.15) is 51.6 Å².